The van der Waals surface area contributed by atoms with Gasteiger partial charge in [0.25, 0.3) is 5.91 Å². The van der Waals surface area contributed by atoms with Gasteiger partial charge in [0.2, 0.25) is 0 Å². The molecule has 0 saturated carbocycles. The minimum absolute atomic E-state index is 0.00984. The molecule has 2 atom stereocenters. The van der Waals surface area contributed by atoms with Crippen molar-refractivity contribution in [3.05, 3.63) is 23.4 Å². The van der Waals surface area contributed by atoms with Crippen LogP contribution in [0.5, 0.6) is 0 Å². The molecule has 160 valence electrons. The lowest BCUT2D eigenvalue weighted by atomic mass is 9.89. The lowest BCUT2D eigenvalue weighted by Gasteiger charge is -2.26. The average Bonchev–Trinajstić information content (AvgIpc) is 3.17. The topological polar surface area (TPSA) is 153 Å². The van der Waals surface area contributed by atoms with Crippen LogP contribution in [0.15, 0.2) is 12.2 Å². The molecule has 11 heteroatoms. The van der Waals surface area contributed by atoms with E-state index in [0.717, 1.165) is 68.7 Å². The van der Waals surface area contributed by atoms with Crippen LogP contribution in [-0.4, -0.2) is 66.6 Å². The highest BCUT2D eigenvalue weighted by atomic mass is 32.1. The largest absolute Gasteiger partial charge is 0.379 e. The normalized spacial score (nSPS) is 22.4. The van der Waals surface area contributed by atoms with E-state index in [2.05, 4.69) is 14.6 Å². The predicted octanol–water partition coefficient (Wildman–Crippen LogP) is 0.115. The van der Waals surface area contributed by atoms with Crippen molar-refractivity contribution in [2.24, 2.45) is 17.3 Å². The van der Waals surface area contributed by atoms with Crippen molar-refractivity contribution in [2.75, 3.05) is 44.4 Å². The number of carbonyl (C=O) groups is 2. The fourth-order valence-electron chi connectivity index (χ4n) is 3.51. The highest BCUT2D eigenvalue weighted by Crippen LogP contribution is 2.35. The summed E-state index contributed by atoms with van der Waals surface area (Å²) < 4.78 is 9.69. The van der Waals surface area contributed by atoms with Crippen molar-refractivity contribution >= 4 is 28.5 Å². The SMILES string of the molecule is NC(=O)c1c(C2C=CC(N)CC2)nsc1N(N)C(=O)NCCCN1CCOCC1. The van der Waals surface area contributed by atoms with Gasteiger partial charge in [-0.25, -0.2) is 15.6 Å². The minimum atomic E-state index is -0.650. The number of nitrogens with one attached hydrogen (secondary N) is 1. The molecule has 1 aliphatic carbocycles. The maximum Gasteiger partial charge on any atom is 0.337 e. The molecule has 2 unspecified atom stereocenters. The number of hydrazine groups is 1. The molecule has 3 rings (SSSR count). The van der Waals surface area contributed by atoms with E-state index in [4.69, 9.17) is 22.0 Å². The van der Waals surface area contributed by atoms with E-state index in [1.54, 1.807) is 0 Å². The number of nitrogens with zero attached hydrogens (tertiary/aromatic N) is 3. The van der Waals surface area contributed by atoms with Crippen LogP contribution in [0, 0.1) is 0 Å². The number of carbonyl (C=O) groups excluding carboxylic acids is 2. The number of urea groups is 1. The summed E-state index contributed by atoms with van der Waals surface area (Å²) in [5.74, 6) is 5.27. The quantitative estimate of drug-likeness (QED) is 0.160. The number of hydrogen-bond acceptors (Lipinski definition) is 8. The van der Waals surface area contributed by atoms with Gasteiger partial charge in [0.15, 0.2) is 0 Å². The first-order valence-electron chi connectivity index (χ1n) is 9.83. The summed E-state index contributed by atoms with van der Waals surface area (Å²) >= 11 is 0.999. The summed E-state index contributed by atoms with van der Waals surface area (Å²) in [6.07, 6.45) is 6.19. The number of allylic oxidation sites excluding steroid dienone is 1. The summed E-state index contributed by atoms with van der Waals surface area (Å²) in [6, 6.07) is -0.485. The average molecular weight is 424 g/mol. The second-order valence-electron chi connectivity index (χ2n) is 7.25. The van der Waals surface area contributed by atoms with Crippen molar-refractivity contribution in [2.45, 2.75) is 31.2 Å². The second-order valence-corrected chi connectivity index (χ2v) is 8.01. The zero-order chi connectivity index (χ0) is 20.8. The van der Waals surface area contributed by atoms with Crippen molar-refractivity contribution in [3.63, 3.8) is 0 Å². The van der Waals surface area contributed by atoms with Crippen LogP contribution in [0.3, 0.4) is 0 Å². The van der Waals surface area contributed by atoms with Gasteiger partial charge < -0.3 is 21.5 Å². The molecule has 7 N–H and O–H groups in total. The van der Waals surface area contributed by atoms with Crippen molar-refractivity contribution in [3.8, 4) is 0 Å². The fourth-order valence-corrected chi connectivity index (χ4v) is 4.39. The number of anilines is 1. The molecule has 1 aromatic heterocycles. The van der Waals surface area contributed by atoms with E-state index in [-0.39, 0.29) is 22.5 Å². The lowest BCUT2D eigenvalue weighted by Crippen LogP contribution is -2.46. The van der Waals surface area contributed by atoms with Crippen LogP contribution < -0.4 is 27.6 Å². The standard InChI is InChI=1S/C18H29N7O3S/c19-13-4-2-12(3-5-13)15-14(16(20)26)17(29-23-15)25(21)18(27)22-6-1-7-24-8-10-28-11-9-24/h2,4,12-13H,1,3,5-11,19,21H2,(H2,20,26)(H,22,27). The Hall–Kier alpha value is -2.05. The number of ether oxygens (including phenoxy) is 1. The third-order valence-electron chi connectivity index (χ3n) is 5.17. The molecule has 1 fully saturated rings. The third-order valence-corrected chi connectivity index (χ3v) is 6.03. The van der Waals surface area contributed by atoms with Crippen LogP contribution in [0.4, 0.5) is 9.80 Å². The summed E-state index contributed by atoms with van der Waals surface area (Å²) in [5.41, 5.74) is 12.2. The Bertz CT molecular complexity index is 748. The summed E-state index contributed by atoms with van der Waals surface area (Å²) in [6.45, 7) is 4.65. The molecule has 2 heterocycles. The zero-order valence-electron chi connectivity index (χ0n) is 16.4. The van der Waals surface area contributed by atoms with Crippen molar-refractivity contribution in [1.82, 2.24) is 14.6 Å². The predicted molar refractivity (Wildman–Crippen MR) is 112 cm³/mol. The maximum absolute atomic E-state index is 12.5. The minimum Gasteiger partial charge on any atom is -0.379 e. The fraction of sp³-hybridized carbons (Fsp3) is 0.611. The van der Waals surface area contributed by atoms with Gasteiger partial charge in [-0.05, 0) is 37.3 Å². The number of amides is 3. The van der Waals surface area contributed by atoms with Crippen LogP contribution >= 0.6 is 11.5 Å². The van der Waals surface area contributed by atoms with Gasteiger partial charge in [-0.3, -0.25) is 9.69 Å². The lowest BCUT2D eigenvalue weighted by molar-refractivity contribution is 0.0375. The molecule has 0 bridgehead atoms. The first-order chi connectivity index (χ1) is 14.0. The van der Waals surface area contributed by atoms with Gasteiger partial charge in [-0.2, -0.15) is 4.37 Å². The highest BCUT2D eigenvalue weighted by Gasteiger charge is 2.29. The molecular weight excluding hydrogens is 394 g/mol. The molecule has 1 aliphatic heterocycles. The number of nitrogens with two attached hydrogens (primary N) is 3. The molecule has 10 nitrogen and oxygen atoms in total. The Labute approximate surface area is 174 Å². The van der Waals surface area contributed by atoms with Gasteiger partial charge in [0.05, 0.1) is 24.5 Å². The van der Waals surface area contributed by atoms with Gasteiger partial charge in [0, 0.05) is 31.6 Å². The van der Waals surface area contributed by atoms with Gasteiger partial charge in [0.1, 0.15) is 5.00 Å². The second kappa shape index (κ2) is 10.1. The van der Waals surface area contributed by atoms with E-state index < -0.39 is 11.9 Å². The van der Waals surface area contributed by atoms with Crippen LogP contribution in [0.25, 0.3) is 0 Å². The number of morpholine rings is 1. The summed E-state index contributed by atoms with van der Waals surface area (Å²) in [7, 11) is 0. The monoisotopic (exact) mass is 423 g/mol. The molecule has 0 spiro atoms. The first-order valence-corrected chi connectivity index (χ1v) is 10.6. The van der Waals surface area contributed by atoms with Gasteiger partial charge >= 0.3 is 6.03 Å². The van der Waals surface area contributed by atoms with Crippen molar-refractivity contribution < 1.29 is 14.3 Å². The third kappa shape index (κ3) is 5.52. The van der Waals surface area contributed by atoms with Gasteiger partial charge in [-0.15, -0.1) is 0 Å². The Morgan fingerprint density at radius 3 is 2.72 bits per heavy atom. The Kier molecular flexibility index (Phi) is 7.56. The van der Waals surface area contributed by atoms with Gasteiger partial charge in [-0.1, -0.05) is 12.2 Å². The Morgan fingerprint density at radius 1 is 1.31 bits per heavy atom. The molecule has 29 heavy (non-hydrogen) atoms. The van der Waals surface area contributed by atoms with Crippen molar-refractivity contribution in [1.29, 1.82) is 0 Å². The van der Waals surface area contributed by atoms with E-state index in [0.29, 0.717) is 12.2 Å². The van der Waals surface area contributed by atoms with Crippen LogP contribution in [0.2, 0.25) is 0 Å². The van der Waals surface area contributed by atoms with E-state index >= 15 is 0 Å². The molecular formula is C18H29N7O3S. The van der Waals surface area contributed by atoms with E-state index in [9.17, 15) is 9.59 Å². The highest BCUT2D eigenvalue weighted by molar-refractivity contribution is 7.11. The molecule has 0 radical (unpaired) electrons. The zero-order valence-corrected chi connectivity index (χ0v) is 17.2. The molecule has 3 amide bonds. The Balaban J connectivity index is 1.59. The smallest absolute Gasteiger partial charge is 0.337 e. The Morgan fingerprint density at radius 2 is 2.07 bits per heavy atom. The number of hydrogen-bond donors (Lipinski definition) is 4. The number of primary amides is 1. The van der Waals surface area contributed by atoms with Crippen LogP contribution in [0.1, 0.15) is 41.2 Å². The molecule has 1 aromatic rings. The molecule has 1 saturated heterocycles. The molecule has 2 aliphatic rings. The first kappa shape index (κ1) is 21.7. The summed E-state index contributed by atoms with van der Waals surface area (Å²) in [4.78, 5) is 26.8. The number of rotatable bonds is 7. The van der Waals surface area contributed by atoms with E-state index in [1.165, 1.54) is 0 Å². The summed E-state index contributed by atoms with van der Waals surface area (Å²) in [5, 5.41) is 3.96. The maximum atomic E-state index is 12.5. The van der Waals surface area contributed by atoms with E-state index in [1.807, 2.05) is 12.2 Å². The van der Waals surface area contributed by atoms with Crippen LogP contribution in [-0.2, 0) is 4.74 Å². The molecule has 0 aromatic carbocycles. The number of aromatic nitrogens is 1.